The van der Waals surface area contributed by atoms with E-state index in [1.54, 1.807) is 18.5 Å². The zero-order chi connectivity index (χ0) is 10.7. The van der Waals surface area contributed by atoms with Gasteiger partial charge in [-0.1, -0.05) is 0 Å². The first-order chi connectivity index (χ1) is 7.25. The van der Waals surface area contributed by atoms with Crippen LogP contribution in [0.5, 0.6) is 0 Å². The monoisotopic (exact) mass is 222 g/mol. The molecule has 0 aromatic carbocycles. The molecular weight excluding hydrogens is 216 g/mol. The van der Waals surface area contributed by atoms with Gasteiger partial charge in [0.25, 0.3) is 0 Å². The van der Waals surface area contributed by atoms with Crippen molar-refractivity contribution in [3.05, 3.63) is 30.2 Å². The maximum atomic E-state index is 10.5. The first-order valence-corrected chi connectivity index (χ1v) is 4.81. The number of nitrogens with one attached hydrogen (secondary N) is 1. The predicted molar refractivity (Wildman–Crippen MR) is 51.7 cm³/mol. The van der Waals surface area contributed by atoms with Crippen LogP contribution in [0.1, 0.15) is 10.5 Å². The van der Waals surface area contributed by atoms with Gasteiger partial charge < -0.3 is 10.1 Å². The molecule has 0 spiro atoms. The van der Waals surface area contributed by atoms with Crippen molar-refractivity contribution in [2.24, 2.45) is 0 Å². The summed E-state index contributed by atoms with van der Waals surface area (Å²) in [4.78, 5) is 17.4. The fourth-order valence-corrected chi connectivity index (χ4v) is 1.55. The summed E-state index contributed by atoms with van der Waals surface area (Å²) >= 11 is 1.28. The third-order valence-electron chi connectivity index (χ3n) is 1.53. The number of carbonyl (C=O) groups is 1. The van der Waals surface area contributed by atoms with Gasteiger partial charge in [0.1, 0.15) is 5.03 Å². The molecule has 2 N–H and O–H groups in total. The van der Waals surface area contributed by atoms with Crippen molar-refractivity contribution in [1.82, 2.24) is 20.2 Å². The number of H-pyrrole nitrogens is 1. The summed E-state index contributed by atoms with van der Waals surface area (Å²) in [7, 11) is 0. The fourth-order valence-electron chi connectivity index (χ4n) is 0.894. The van der Waals surface area contributed by atoms with Gasteiger partial charge in [-0.05, 0) is 23.9 Å². The smallest absolute Gasteiger partial charge is 0.356 e. The number of aromatic nitrogens is 4. The molecule has 0 aliphatic rings. The number of hydrogen-bond donors (Lipinski definition) is 2. The molecule has 2 aromatic heterocycles. The summed E-state index contributed by atoms with van der Waals surface area (Å²) in [5.41, 5.74) is -0.0706. The van der Waals surface area contributed by atoms with Crippen LogP contribution in [0.25, 0.3) is 0 Å². The molecule has 0 bridgehead atoms. The number of rotatable bonds is 3. The van der Waals surface area contributed by atoms with E-state index in [2.05, 4.69) is 20.2 Å². The summed E-state index contributed by atoms with van der Waals surface area (Å²) < 4.78 is 0. The molecule has 76 valence electrons. The van der Waals surface area contributed by atoms with Crippen LogP contribution < -0.4 is 0 Å². The van der Waals surface area contributed by atoms with Gasteiger partial charge in [-0.25, -0.2) is 9.78 Å². The average Bonchev–Trinajstić information content (AvgIpc) is 2.71. The van der Waals surface area contributed by atoms with E-state index in [4.69, 9.17) is 5.11 Å². The van der Waals surface area contributed by atoms with Crippen LogP contribution in [-0.2, 0) is 0 Å². The van der Waals surface area contributed by atoms with Crippen molar-refractivity contribution in [3.63, 3.8) is 0 Å². The first-order valence-electron chi connectivity index (χ1n) is 4.00. The van der Waals surface area contributed by atoms with E-state index in [0.717, 1.165) is 0 Å². The number of carboxylic acid groups (broad SMARTS) is 1. The highest BCUT2D eigenvalue weighted by molar-refractivity contribution is 7.99. The Morgan fingerprint density at radius 2 is 2.27 bits per heavy atom. The quantitative estimate of drug-likeness (QED) is 0.806. The summed E-state index contributed by atoms with van der Waals surface area (Å²) in [6.45, 7) is 0. The Morgan fingerprint density at radius 3 is 2.80 bits per heavy atom. The normalized spacial score (nSPS) is 10.1. The zero-order valence-corrected chi connectivity index (χ0v) is 8.23. The number of nitrogens with zero attached hydrogens (tertiary/aromatic N) is 3. The Balaban J connectivity index is 2.14. The van der Waals surface area contributed by atoms with Crippen LogP contribution in [0.3, 0.4) is 0 Å². The third-order valence-corrected chi connectivity index (χ3v) is 2.38. The molecule has 0 aliphatic heterocycles. The Morgan fingerprint density at radius 1 is 1.40 bits per heavy atom. The van der Waals surface area contributed by atoms with Gasteiger partial charge >= 0.3 is 5.97 Å². The van der Waals surface area contributed by atoms with Crippen LogP contribution in [0, 0.1) is 0 Å². The summed E-state index contributed by atoms with van der Waals surface area (Å²) in [5, 5.41) is 17.2. The second kappa shape index (κ2) is 4.09. The minimum atomic E-state index is -1.09. The Bertz CT molecular complexity index is 454. The molecule has 6 nitrogen and oxygen atoms in total. The zero-order valence-electron chi connectivity index (χ0n) is 7.41. The number of imidazole rings is 1. The molecule has 0 aliphatic carbocycles. The molecule has 15 heavy (non-hydrogen) atoms. The van der Waals surface area contributed by atoms with Crippen LogP contribution in [-0.4, -0.2) is 31.2 Å². The maximum Gasteiger partial charge on any atom is 0.356 e. The van der Waals surface area contributed by atoms with E-state index < -0.39 is 5.97 Å². The molecule has 0 saturated carbocycles. The second-order valence-electron chi connectivity index (χ2n) is 2.56. The lowest BCUT2D eigenvalue weighted by atomic mass is 10.4. The van der Waals surface area contributed by atoms with Crippen molar-refractivity contribution in [2.45, 2.75) is 10.2 Å². The largest absolute Gasteiger partial charge is 0.476 e. The molecule has 2 heterocycles. The van der Waals surface area contributed by atoms with Crippen LogP contribution in [0.15, 0.2) is 34.7 Å². The molecule has 2 aromatic rings. The highest BCUT2D eigenvalue weighted by Crippen LogP contribution is 2.20. The summed E-state index contributed by atoms with van der Waals surface area (Å²) in [6, 6.07) is 2.99. The number of carboxylic acids is 1. The van der Waals surface area contributed by atoms with E-state index >= 15 is 0 Å². The van der Waals surface area contributed by atoms with Gasteiger partial charge in [-0.3, -0.25) is 0 Å². The van der Waals surface area contributed by atoms with Gasteiger partial charge in [0.05, 0.1) is 0 Å². The van der Waals surface area contributed by atoms with Crippen molar-refractivity contribution in [1.29, 1.82) is 0 Å². The minimum Gasteiger partial charge on any atom is -0.476 e. The highest BCUT2D eigenvalue weighted by atomic mass is 32.2. The predicted octanol–water partition coefficient (Wildman–Crippen LogP) is 1.05. The SMILES string of the molecule is O=C(O)c1ccc(Sc2ncc[nH]2)nn1. The van der Waals surface area contributed by atoms with Crippen molar-refractivity contribution in [2.75, 3.05) is 0 Å². The van der Waals surface area contributed by atoms with E-state index in [9.17, 15) is 4.79 Å². The lowest BCUT2D eigenvalue weighted by Crippen LogP contribution is -2.01. The molecule has 2 rings (SSSR count). The molecule has 0 amide bonds. The second-order valence-corrected chi connectivity index (χ2v) is 3.57. The van der Waals surface area contributed by atoms with Gasteiger partial charge in [-0.2, -0.15) is 0 Å². The summed E-state index contributed by atoms with van der Waals surface area (Å²) in [5.74, 6) is -1.09. The number of aromatic amines is 1. The molecule has 0 saturated heterocycles. The Labute approximate surface area is 88.8 Å². The van der Waals surface area contributed by atoms with E-state index in [0.29, 0.717) is 10.2 Å². The standard InChI is InChI=1S/C8H6N4O2S/c13-7(14)5-1-2-6(12-11-5)15-8-9-3-4-10-8/h1-4H,(H,9,10)(H,13,14). The molecule has 0 fully saturated rings. The molecule has 0 atom stereocenters. The van der Waals surface area contributed by atoms with Crippen molar-refractivity contribution < 1.29 is 9.90 Å². The summed E-state index contributed by atoms with van der Waals surface area (Å²) in [6.07, 6.45) is 3.32. The van der Waals surface area contributed by atoms with Gasteiger partial charge in [0.15, 0.2) is 10.9 Å². The highest BCUT2D eigenvalue weighted by Gasteiger charge is 2.06. The van der Waals surface area contributed by atoms with Gasteiger partial charge in [-0.15, -0.1) is 10.2 Å². The van der Waals surface area contributed by atoms with Crippen LogP contribution in [0.2, 0.25) is 0 Å². The van der Waals surface area contributed by atoms with Gasteiger partial charge in [0, 0.05) is 12.4 Å². The van der Waals surface area contributed by atoms with Crippen LogP contribution >= 0.6 is 11.8 Å². The van der Waals surface area contributed by atoms with Gasteiger partial charge in [0.2, 0.25) is 0 Å². The van der Waals surface area contributed by atoms with E-state index in [1.807, 2.05) is 0 Å². The molecular formula is C8H6N4O2S. The molecule has 7 heteroatoms. The lowest BCUT2D eigenvalue weighted by molar-refractivity contribution is 0.0689. The number of aromatic carboxylic acids is 1. The van der Waals surface area contributed by atoms with Crippen LogP contribution in [0.4, 0.5) is 0 Å². The Hall–Kier alpha value is -1.89. The maximum absolute atomic E-state index is 10.5. The molecule has 0 unspecified atom stereocenters. The first kappa shape index (κ1) is 9.66. The molecule has 0 radical (unpaired) electrons. The topological polar surface area (TPSA) is 91.8 Å². The number of hydrogen-bond acceptors (Lipinski definition) is 5. The third kappa shape index (κ3) is 2.32. The average molecular weight is 222 g/mol. The lowest BCUT2D eigenvalue weighted by Gasteiger charge is -1.96. The Kier molecular flexibility index (Phi) is 2.64. The van der Waals surface area contributed by atoms with E-state index in [1.165, 1.54) is 17.8 Å². The van der Waals surface area contributed by atoms with Crippen molar-refractivity contribution in [3.8, 4) is 0 Å². The fraction of sp³-hybridized carbons (Fsp3) is 0. The minimum absolute atomic E-state index is 0.0706. The van der Waals surface area contributed by atoms with Crippen molar-refractivity contribution >= 4 is 17.7 Å². The van der Waals surface area contributed by atoms with E-state index in [-0.39, 0.29) is 5.69 Å².